The molecule has 0 aromatic heterocycles. The van der Waals surface area contributed by atoms with E-state index in [1.807, 2.05) is 49.4 Å². The number of hydrogen-bond donors (Lipinski definition) is 1. The summed E-state index contributed by atoms with van der Waals surface area (Å²) in [6, 6.07) is 13.6. The second-order valence-electron chi connectivity index (χ2n) is 4.16. The van der Waals surface area contributed by atoms with Gasteiger partial charge >= 0.3 is 0 Å². The molecule has 18 heavy (non-hydrogen) atoms. The number of ether oxygens (including phenoxy) is 1. The van der Waals surface area contributed by atoms with Gasteiger partial charge in [-0.05, 0) is 49.2 Å². The van der Waals surface area contributed by atoms with Crippen molar-refractivity contribution >= 4 is 11.6 Å². The van der Waals surface area contributed by atoms with Crippen LogP contribution in [-0.2, 0) is 6.42 Å². The van der Waals surface area contributed by atoms with Gasteiger partial charge in [0.15, 0.2) is 0 Å². The molecule has 0 heterocycles. The van der Waals surface area contributed by atoms with Gasteiger partial charge in [-0.3, -0.25) is 0 Å². The molecule has 2 N–H and O–H groups in total. The van der Waals surface area contributed by atoms with Crippen LogP contribution in [0.15, 0.2) is 42.5 Å². The molecular formula is C15H16ClNO. The molecule has 0 bridgehead atoms. The van der Waals surface area contributed by atoms with Crippen molar-refractivity contribution in [2.24, 2.45) is 5.73 Å². The molecule has 0 aliphatic rings. The highest BCUT2D eigenvalue weighted by Crippen LogP contribution is 2.28. The van der Waals surface area contributed by atoms with Gasteiger partial charge in [0.25, 0.3) is 0 Å². The summed E-state index contributed by atoms with van der Waals surface area (Å²) in [6.07, 6.45) is 0.781. The van der Waals surface area contributed by atoms with Crippen molar-refractivity contribution < 1.29 is 4.74 Å². The van der Waals surface area contributed by atoms with Crippen molar-refractivity contribution in [3.05, 3.63) is 58.6 Å². The van der Waals surface area contributed by atoms with E-state index in [0.717, 1.165) is 29.0 Å². The Morgan fingerprint density at radius 1 is 1.17 bits per heavy atom. The summed E-state index contributed by atoms with van der Waals surface area (Å²) in [4.78, 5) is 0. The fourth-order valence-electron chi connectivity index (χ4n) is 1.75. The van der Waals surface area contributed by atoms with Crippen LogP contribution in [0.1, 0.15) is 11.1 Å². The van der Waals surface area contributed by atoms with Crippen LogP contribution in [-0.4, -0.2) is 6.54 Å². The lowest BCUT2D eigenvalue weighted by molar-refractivity contribution is 0.479. The van der Waals surface area contributed by atoms with Crippen LogP contribution in [0.3, 0.4) is 0 Å². The predicted octanol–water partition coefficient (Wildman–Crippen LogP) is 3.94. The molecule has 3 heteroatoms. The monoisotopic (exact) mass is 261 g/mol. The Morgan fingerprint density at radius 3 is 2.61 bits per heavy atom. The Kier molecular flexibility index (Phi) is 4.24. The minimum atomic E-state index is 0.595. The second-order valence-corrected chi connectivity index (χ2v) is 4.57. The third-order valence-corrected chi connectivity index (χ3v) is 3.11. The Morgan fingerprint density at radius 2 is 1.94 bits per heavy atom. The molecule has 0 radical (unpaired) electrons. The maximum Gasteiger partial charge on any atom is 0.130 e. The van der Waals surface area contributed by atoms with Crippen LogP contribution >= 0.6 is 11.6 Å². The van der Waals surface area contributed by atoms with E-state index in [2.05, 4.69) is 0 Å². The number of rotatable bonds is 4. The summed E-state index contributed by atoms with van der Waals surface area (Å²) >= 11 is 6.18. The predicted molar refractivity (Wildman–Crippen MR) is 75.5 cm³/mol. The molecule has 0 saturated carbocycles. The first-order valence-corrected chi connectivity index (χ1v) is 6.30. The van der Waals surface area contributed by atoms with Gasteiger partial charge in [0.1, 0.15) is 11.5 Å². The standard InChI is InChI=1S/C15H16ClNO/c1-11-4-2-3-5-15(11)18-13-7-6-12(8-9-17)14(16)10-13/h2-7,10H,8-9,17H2,1H3. The van der Waals surface area contributed by atoms with Crippen molar-refractivity contribution in [2.45, 2.75) is 13.3 Å². The number of benzene rings is 2. The van der Waals surface area contributed by atoms with Gasteiger partial charge in [-0.2, -0.15) is 0 Å². The van der Waals surface area contributed by atoms with Crippen molar-refractivity contribution in [3.8, 4) is 11.5 Å². The molecule has 0 amide bonds. The lowest BCUT2D eigenvalue weighted by Crippen LogP contribution is -2.03. The second kappa shape index (κ2) is 5.89. The molecule has 2 rings (SSSR count). The molecule has 2 nitrogen and oxygen atoms in total. The zero-order valence-corrected chi connectivity index (χ0v) is 11.1. The quantitative estimate of drug-likeness (QED) is 0.905. The van der Waals surface area contributed by atoms with Crippen molar-refractivity contribution in [2.75, 3.05) is 6.54 Å². The third kappa shape index (κ3) is 3.03. The van der Waals surface area contributed by atoms with E-state index in [0.29, 0.717) is 11.6 Å². The molecule has 0 saturated heterocycles. The van der Waals surface area contributed by atoms with Gasteiger partial charge in [-0.25, -0.2) is 0 Å². The zero-order chi connectivity index (χ0) is 13.0. The molecule has 0 aliphatic heterocycles. The lowest BCUT2D eigenvalue weighted by atomic mass is 10.1. The van der Waals surface area contributed by atoms with Crippen LogP contribution in [0.2, 0.25) is 5.02 Å². The first kappa shape index (κ1) is 12.9. The maximum absolute atomic E-state index is 6.18. The number of nitrogens with two attached hydrogens (primary N) is 1. The van der Waals surface area contributed by atoms with Crippen molar-refractivity contribution in [3.63, 3.8) is 0 Å². The van der Waals surface area contributed by atoms with Gasteiger partial charge in [-0.1, -0.05) is 35.9 Å². The zero-order valence-electron chi connectivity index (χ0n) is 10.3. The first-order chi connectivity index (χ1) is 8.70. The van der Waals surface area contributed by atoms with Gasteiger partial charge in [0.05, 0.1) is 0 Å². The van der Waals surface area contributed by atoms with E-state index in [4.69, 9.17) is 22.1 Å². The molecule has 0 atom stereocenters. The van der Waals surface area contributed by atoms with E-state index in [-0.39, 0.29) is 0 Å². The summed E-state index contributed by atoms with van der Waals surface area (Å²) < 4.78 is 5.81. The summed E-state index contributed by atoms with van der Waals surface area (Å²) in [5.74, 6) is 1.59. The minimum absolute atomic E-state index is 0.595. The topological polar surface area (TPSA) is 35.2 Å². The van der Waals surface area contributed by atoms with E-state index in [1.54, 1.807) is 0 Å². The number of halogens is 1. The van der Waals surface area contributed by atoms with Crippen LogP contribution in [0, 0.1) is 6.92 Å². The molecule has 0 unspecified atom stereocenters. The van der Waals surface area contributed by atoms with E-state index in [9.17, 15) is 0 Å². The Labute approximate surface area is 112 Å². The van der Waals surface area contributed by atoms with Gasteiger partial charge < -0.3 is 10.5 Å². The molecule has 2 aromatic carbocycles. The Hall–Kier alpha value is -1.51. The molecule has 2 aromatic rings. The molecule has 0 spiro atoms. The number of aryl methyl sites for hydroxylation is 1. The fraction of sp³-hybridized carbons (Fsp3) is 0.200. The largest absolute Gasteiger partial charge is 0.457 e. The maximum atomic E-state index is 6.18. The van der Waals surface area contributed by atoms with E-state index < -0.39 is 0 Å². The van der Waals surface area contributed by atoms with Crippen LogP contribution in [0.25, 0.3) is 0 Å². The highest BCUT2D eigenvalue weighted by atomic mass is 35.5. The summed E-state index contributed by atoms with van der Waals surface area (Å²) in [6.45, 7) is 2.61. The lowest BCUT2D eigenvalue weighted by Gasteiger charge is -2.10. The summed E-state index contributed by atoms with van der Waals surface area (Å²) in [7, 11) is 0. The molecule has 0 fully saturated rings. The molecule has 94 valence electrons. The highest BCUT2D eigenvalue weighted by Gasteiger charge is 2.04. The fourth-order valence-corrected chi connectivity index (χ4v) is 2.01. The Balaban J connectivity index is 2.20. The van der Waals surface area contributed by atoms with Crippen molar-refractivity contribution in [1.82, 2.24) is 0 Å². The van der Waals surface area contributed by atoms with Crippen molar-refractivity contribution in [1.29, 1.82) is 0 Å². The van der Waals surface area contributed by atoms with Crippen LogP contribution < -0.4 is 10.5 Å². The minimum Gasteiger partial charge on any atom is -0.457 e. The molecular weight excluding hydrogens is 246 g/mol. The van der Waals surface area contributed by atoms with Crippen LogP contribution in [0.5, 0.6) is 11.5 Å². The summed E-state index contributed by atoms with van der Waals surface area (Å²) in [5, 5.41) is 0.700. The highest BCUT2D eigenvalue weighted by molar-refractivity contribution is 6.31. The molecule has 0 aliphatic carbocycles. The first-order valence-electron chi connectivity index (χ1n) is 5.92. The van der Waals surface area contributed by atoms with Gasteiger partial charge in [0, 0.05) is 5.02 Å². The SMILES string of the molecule is Cc1ccccc1Oc1ccc(CCN)c(Cl)c1. The van der Waals surface area contributed by atoms with Gasteiger partial charge in [-0.15, -0.1) is 0 Å². The van der Waals surface area contributed by atoms with E-state index >= 15 is 0 Å². The van der Waals surface area contributed by atoms with Gasteiger partial charge in [0.2, 0.25) is 0 Å². The normalized spacial score (nSPS) is 10.4. The third-order valence-electron chi connectivity index (χ3n) is 2.76. The van der Waals surface area contributed by atoms with Crippen LogP contribution in [0.4, 0.5) is 0 Å². The van der Waals surface area contributed by atoms with E-state index in [1.165, 1.54) is 0 Å². The smallest absolute Gasteiger partial charge is 0.130 e. The average molecular weight is 262 g/mol. The Bertz CT molecular complexity index is 540. The number of para-hydroxylation sites is 1. The summed E-state index contributed by atoms with van der Waals surface area (Å²) in [5.41, 5.74) is 7.67. The average Bonchev–Trinajstić information content (AvgIpc) is 2.36. The number of hydrogen-bond acceptors (Lipinski definition) is 2.